The molecule has 0 radical (unpaired) electrons. The molecule has 1 aliphatic heterocycles. The van der Waals surface area contributed by atoms with E-state index in [2.05, 4.69) is 59.4 Å². The number of rotatable bonds is 3. The molecule has 2 rings (SSSR count). The number of thioether (sulfide) groups is 1. The van der Waals surface area contributed by atoms with Gasteiger partial charge in [-0.05, 0) is 28.9 Å². The molecule has 1 aromatic heterocycles. The lowest BCUT2D eigenvalue weighted by atomic mass is 10.1. The lowest BCUT2D eigenvalue weighted by Gasteiger charge is -2.39. The maximum atomic E-state index is 6.03. The largest absolute Gasteiger partial charge is 0.329 e. The van der Waals surface area contributed by atoms with Crippen LogP contribution in [-0.4, -0.2) is 35.0 Å². The summed E-state index contributed by atoms with van der Waals surface area (Å²) in [5.74, 6) is 0. The highest BCUT2D eigenvalue weighted by Crippen LogP contribution is 2.36. The normalized spacial score (nSPS) is 27.4. The molecule has 0 amide bonds. The lowest BCUT2D eigenvalue weighted by Crippen LogP contribution is -2.44. The SMILES string of the molecule is Cc1sc(C(CN)N2CC(C)SC(C)C2)cc1Br. The molecular weight excluding hydrogens is 328 g/mol. The van der Waals surface area contributed by atoms with Crippen molar-refractivity contribution in [3.05, 3.63) is 20.3 Å². The quantitative estimate of drug-likeness (QED) is 0.903. The van der Waals surface area contributed by atoms with Crippen LogP contribution in [0.15, 0.2) is 10.5 Å². The number of halogens is 1. The van der Waals surface area contributed by atoms with Crippen molar-refractivity contribution in [3.63, 3.8) is 0 Å². The molecule has 0 saturated carbocycles. The van der Waals surface area contributed by atoms with E-state index >= 15 is 0 Å². The van der Waals surface area contributed by atoms with Crippen molar-refractivity contribution in [1.82, 2.24) is 4.90 Å². The number of hydrogen-bond donors (Lipinski definition) is 1. The van der Waals surface area contributed by atoms with E-state index < -0.39 is 0 Å². The smallest absolute Gasteiger partial charge is 0.0565 e. The Morgan fingerprint density at radius 1 is 1.44 bits per heavy atom. The minimum Gasteiger partial charge on any atom is -0.329 e. The van der Waals surface area contributed by atoms with Crippen molar-refractivity contribution in [2.24, 2.45) is 5.73 Å². The zero-order chi connectivity index (χ0) is 13.3. The number of hydrogen-bond acceptors (Lipinski definition) is 4. The molecule has 0 spiro atoms. The zero-order valence-electron chi connectivity index (χ0n) is 11.1. The van der Waals surface area contributed by atoms with Crippen LogP contribution in [-0.2, 0) is 0 Å². The third kappa shape index (κ3) is 3.31. The van der Waals surface area contributed by atoms with Crippen LogP contribution in [0.3, 0.4) is 0 Å². The van der Waals surface area contributed by atoms with Gasteiger partial charge in [0.25, 0.3) is 0 Å². The fraction of sp³-hybridized carbons (Fsp3) is 0.692. The van der Waals surface area contributed by atoms with E-state index in [1.54, 1.807) is 0 Å². The van der Waals surface area contributed by atoms with Crippen LogP contribution in [0.25, 0.3) is 0 Å². The Kier molecular flexibility index (Phi) is 5.17. The predicted octanol–water partition coefficient (Wildman–Crippen LogP) is 3.64. The van der Waals surface area contributed by atoms with E-state index in [0.717, 1.165) is 13.1 Å². The van der Waals surface area contributed by atoms with Gasteiger partial charge in [-0.1, -0.05) is 13.8 Å². The van der Waals surface area contributed by atoms with Gasteiger partial charge in [-0.3, -0.25) is 4.90 Å². The standard InChI is InChI=1S/C13H21BrN2S2/c1-8-6-16(7-9(2)17-8)12(5-15)13-4-11(14)10(3)18-13/h4,8-9,12H,5-7,15H2,1-3H3. The average molecular weight is 349 g/mol. The summed E-state index contributed by atoms with van der Waals surface area (Å²) in [6.45, 7) is 9.78. The van der Waals surface area contributed by atoms with Crippen LogP contribution in [0.4, 0.5) is 0 Å². The number of thiophene rings is 1. The summed E-state index contributed by atoms with van der Waals surface area (Å²) in [6, 6.07) is 2.63. The van der Waals surface area contributed by atoms with Gasteiger partial charge in [-0.15, -0.1) is 11.3 Å². The van der Waals surface area contributed by atoms with E-state index in [-0.39, 0.29) is 0 Å². The molecule has 102 valence electrons. The second-order valence-corrected chi connectivity index (χ2v) is 9.04. The molecule has 0 aromatic carbocycles. The third-order valence-electron chi connectivity index (χ3n) is 3.32. The number of nitrogens with two attached hydrogens (primary N) is 1. The van der Waals surface area contributed by atoms with Crippen LogP contribution < -0.4 is 5.73 Å². The van der Waals surface area contributed by atoms with E-state index in [4.69, 9.17) is 5.73 Å². The first-order chi connectivity index (χ1) is 8.51. The van der Waals surface area contributed by atoms with Crippen molar-refractivity contribution in [3.8, 4) is 0 Å². The fourth-order valence-corrected chi connectivity index (χ4v) is 5.62. The van der Waals surface area contributed by atoms with Gasteiger partial charge in [0, 0.05) is 44.4 Å². The Morgan fingerprint density at radius 3 is 2.50 bits per heavy atom. The number of aryl methyl sites for hydroxylation is 1. The lowest BCUT2D eigenvalue weighted by molar-refractivity contribution is 0.202. The van der Waals surface area contributed by atoms with Crippen molar-refractivity contribution < 1.29 is 0 Å². The van der Waals surface area contributed by atoms with Crippen LogP contribution in [0.1, 0.15) is 29.6 Å². The topological polar surface area (TPSA) is 29.3 Å². The van der Waals surface area contributed by atoms with E-state index in [0.29, 0.717) is 23.1 Å². The van der Waals surface area contributed by atoms with E-state index in [1.165, 1.54) is 14.2 Å². The van der Waals surface area contributed by atoms with Crippen molar-refractivity contribution in [1.29, 1.82) is 0 Å². The molecule has 3 unspecified atom stereocenters. The molecule has 1 fully saturated rings. The summed E-state index contributed by atoms with van der Waals surface area (Å²) < 4.78 is 1.22. The Bertz CT molecular complexity index is 378. The molecule has 18 heavy (non-hydrogen) atoms. The van der Waals surface area contributed by atoms with E-state index in [1.807, 2.05) is 11.3 Å². The molecule has 0 aliphatic carbocycles. The highest BCUT2D eigenvalue weighted by Gasteiger charge is 2.29. The summed E-state index contributed by atoms with van der Waals surface area (Å²) in [6.07, 6.45) is 0. The Hall–Kier alpha value is 0.450. The van der Waals surface area contributed by atoms with E-state index in [9.17, 15) is 0 Å². The first-order valence-corrected chi connectivity index (χ1v) is 8.92. The van der Waals surface area contributed by atoms with Crippen molar-refractivity contribution >= 4 is 39.0 Å². The Labute approximate surface area is 126 Å². The van der Waals surface area contributed by atoms with Crippen LogP contribution >= 0.6 is 39.0 Å². The summed E-state index contributed by atoms with van der Waals surface area (Å²) in [5.41, 5.74) is 6.03. The maximum Gasteiger partial charge on any atom is 0.0565 e. The average Bonchev–Trinajstić information content (AvgIpc) is 2.58. The van der Waals surface area contributed by atoms with Crippen LogP contribution in [0.2, 0.25) is 0 Å². The number of nitrogens with zero attached hydrogens (tertiary/aromatic N) is 1. The molecule has 2 N–H and O–H groups in total. The highest BCUT2D eigenvalue weighted by molar-refractivity contribution is 9.10. The van der Waals surface area contributed by atoms with Gasteiger partial charge in [0.2, 0.25) is 0 Å². The van der Waals surface area contributed by atoms with Gasteiger partial charge in [0.1, 0.15) is 0 Å². The molecule has 2 heterocycles. The summed E-state index contributed by atoms with van der Waals surface area (Å²) in [4.78, 5) is 5.30. The molecular formula is C13H21BrN2S2. The van der Waals surface area contributed by atoms with Gasteiger partial charge >= 0.3 is 0 Å². The minimum absolute atomic E-state index is 0.380. The van der Waals surface area contributed by atoms with Crippen LogP contribution in [0, 0.1) is 6.92 Å². The second kappa shape index (κ2) is 6.27. The third-order valence-corrected chi connectivity index (χ3v) is 6.78. The zero-order valence-corrected chi connectivity index (χ0v) is 14.4. The summed E-state index contributed by atoms with van der Waals surface area (Å²) in [5, 5.41) is 1.40. The highest BCUT2D eigenvalue weighted by atomic mass is 79.9. The van der Waals surface area contributed by atoms with Gasteiger partial charge in [-0.2, -0.15) is 11.8 Å². The molecule has 2 nitrogen and oxygen atoms in total. The van der Waals surface area contributed by atoms with Gasteiger partial charge in [0.15, 0.2) is 0 Å². The van der Waals surface area contributed by atoms with Crippen molar-refractivity contribution in [2.75, 3.05) is 19.6 Å². The van der Waals surface area contributed by atoms with Gasteiger partial charge in [0.05, 0.1) is 6.04 Å². The molecule has 0 bridgehead atoms. The van der Waals surface area contributed by atoms with Crippen LogP contribution in [0.5, 0.6) is 0 Å². The minimum atomic E-state index is 0.380. The van der Waals surface area contributed by atoms with Gasteiger partial charge in [-0.25, -0.2) is 0 Å². The second-order valence-electron chi connectivity index (χ2n) is 5.02. The summed E-state index contributed by atoms with van der Waals surface area (Å²) in [7, 11) is 0. The summed E-state index contributed by atoms with van der Waals surface area (Å²) >= 11 is 7.56. The molecule has 3 atom stereocenters. The predicted molar refractivity (Wildman–Crippen MR) is 86.6 cm³/mol. The maximum absolute atomic E-state index is 6.03. The van der Waals surface area contributed by atoms with Crippen molar-refractivity contribution in [2.45, 2.75) is 37.3 Å². The Balaban J connectivity index is 2.17. The first kappa shape index (κ1) is 14.9. The molecule has 1 saturated heterocycles. The fourth-order valence-electron chi connectivity index (χ4n) is 2.56. The first-order valence-electron chi connectivity index (χ1n) is 6.36. The Morgan fingerprint density at radius 2 is 2.06 bits per heavy atom. The monoisotopic (exact) mass is 348 g/mol. The molecule has 5 heteroatoms. The van der Waals surface area contributed by atoms with Gasteiger partial charge < -0.3 is 5.73 Å². The molecule has 1 aliphatic rings. The molecule has 1 aromatic rings.